The van der Waals surface area contributed by atoms with E-state index in [2.05, 4.69) is 10.6 Å². The van der Waals surface area contributed by atoms with Crippen LogP contribution in [0.5, 0.6) is 5.75 Å². The van der Waals surface area contributed by atoms with E-state index in [0.29, 0.717) is 15.6 Å². The van der Waals surface area contributed by atoms with Crippen LogP contribution in [0.2, 0.25) is 0 Å². The number of carbonyl (C=O) groups is 2. The minimum Gasteiger partial charge on any atom is -0.497 e. The molecule has 4 aromatic rings. The van der Waals surface area contributed by atoms with Crippen LogP contribution in [0.4, 0.5) is 10.7 Å². The predicted molar refractivity (Wildman–Crippen MR) is 127 cm³/mol. The Morgan fingerprint density at radius 3 is 2.25 bits per heavy atom. The van der Waals surface area contributed by atoms with Gasteiger partial charge in [-0.2, -0.15) is 0 Å². The van der Waals surface area contributed by atoms with Crippen LogP contribution in [0.1, 0.15) is 25.8 Å². The van der Waals surface area contributed by atoms with Crippen molar-refractivity contribution in [2.24, 2.45) is 0 Å². The summed E-state index contributed by atoms with van der Waals surface area (Å²) in [6, 6.07) is 20.5. The van der Waals surface area contributed by atoms with Crippen molar-refractivity contribution in [2.75, 3.05) is 17.7 Å². The van der Waals surface area contributed by atoms with Gasteiger partial charge in [-0.15, -0.1) is 11.3 Å². The van der Waals surface area contributed by atoms with Crippen LogP contribution in [0.3, 0.4) is 0 Å². The van der Waals surface area contributed by atoms with Crippen LogP contribution in [0.15, 0.2) is 87.2 Å². The van der Waals surface area contributed by atoms with E-state index in [1.165, 1.54) is 17.6 Å². The molecule has 2 aromatic carbocycles. The number of carbonyl (C=O) groups excluding carboxylic acids is 2. The maximum Gasteiger partial charge on any atom is 0.291 e. The maximum absolute atomic E-state index is 12.8. The van der Waals surface area contributed by atoms with Gasteiger partial charge in [0.2, 0.25) is 0 Å². The second-order valence-electron chi connectivity index (χ2n) is 6.81. The first kappa shape index (κ1) is 21.7. The molecule has 0 saturated heterocycles. The second-order valence-corrected chi connectivity index (χ2v) is 9.01. The molecule has 0 radical (unpaired) electrons. The number of anilines is 2. The van der Waals surface area contributed by atoms with Crippen molar-refractivity contribution in [1.82, 2.24) is 0 Å². The summed E-state index contributed by atoms with van der Waals surface area (Å²) < 4.78 is 10.3. The summed E-state index contributed by atoms with van der Waals surface area (Å²) in [4.78, 5) is 27.6. The van der Waals surface area contributed by atoms with Crippen molar-refractivity contribution in [3.8, 4) is 5.75 Å². The first-order valence-electron chi connectivity index (χ1n) is 9.70. The summed E-state index contributed by atoms with van der Waals surface area (Å²) in [5.41, 5.74) is 1.48. The number of ether oxygens (including phenoxy) is 1. The predicted octanol–water partition coefficient (Wildman–Crippen LogP) is 6.31. The van der Waals surface area contributed by atoms with E-state index in [1.54, 1.807) is 37.1 Å². The van der Waals surface area contributed by atoms with Gasteiger partial charge in [0.1, 0.15) is 5.75 Å². The molecule has 0 aliphatic heterocycles. The first-order chi connectivity index (χ1) is 15.5. The molecule has 6 nitrogen and oxygen atoms in total. The Bertz CT molecular complexity index is 1210. The van der Waals surface area contributed by atoms with Gasteiger partial charge in [0.05, 0.1) is 23.3 Å². The van der Waals surface area contributed by atoms with Crippen molar-refractivity contribution in [3.63, 3.8) is 0 Å². The summed E-state index contributed by atoms with van der Waals surface area (Å²) in [6.45, 7) is 1.84. The highest BCUT2D eigenvalue weighted by Crippen LogP contribution is 2.31. The van der Waals surface area contributed by atoms with Crippen LogP contribution in [-0.2, 0) is 0 Å². The molecule has 0 fully saturated rings. The fourth-order valence-electron chi connectivity index (χ4n) is 2.92. The van der Waals surface area contributed by atoms with Crippen LogP contribution in [-0.4, -0.2) is 18.9 Å². The molecule has 0 spiro atoms. The number of benzene rings is 2. The molecule has 2 aromatic heterocycles. The fourth-order valence-corrected chi connectivity index (χ4v) is 4.70. The molecular weight excluding hydrogens is 444 g/mol. The fraction of sp³-hybridized carbons (Fsp3) is 0.0833. The quantitative estimate of drug-likeness (QED) is 0.335. The number of rotatable bonds is 7. The lowest BCUT2D eigenvalue weighted by molar-refractivity contribution is 0.0995. The number of furan rings is 1. The van der Waals surface area contributed by atoms with Gasteiger partial charge in [-0.1, -0.05) is 11.8 Å². The lowest BCUT2D eigenvalue weighted by atomic mass is 10.2. The molecule has 2 amide bonds. The Labute approximate surface area is 193 Å². The van der Waals surface area contributed by atoms with Gasteiger partial charge in [-0.05, 0) is 79.2 Å². The van der Waals surface area contributed by atoms with E-state index in [-0.39, 0.29) is 17.6 Å². The smallest absolute Gasteiger partial charge is 0.291 e. The van der Waals surface area contributed by atoms with Crippen LogP contribution in [0.25, 0.3) is 0 Å². The van der Waals surface area contributed by atoms with E-state index in [9.17, 15) is 9.59 Å². The molecule has 2 heterocycles. The lowest BCUT2D eigenvalue weighted by Crippen LogP contribution is -2.11. The van der Waals surface area contributed by atoms with Crippen LogP contribution >= 0.6 is 23.1 Å². The van der Waals surface area contributed by atoms with E-state index in [1.807, 2.05) is 55.5 Å². The third-order valence-electron chi connectivity index (χ3n) is 4.51. The molecular formula is C24H20N2O4S2. The summed E-state index contributed by atoms with van der Waals surface area (Å²) >= 11 is 2.85. The van der Waals surface area contributed by atoms with E-state index in [0.717, 1.165) is 21.1 Å². The molecule has 0 bridgehead atoms. The van der Waals surface area contributed by atoms with Gasteiger partial charge in [0.25, 0.3) is 11.8 Å². The standard InChI is InChI=1S/C24H20N2O4S2/c1-15-14-21(26-23(27)20-4-3-13-30-20)32-22(15)24(28)25-16-5-9-18(10-6-16)31-19-11-7-17(29-2)8-12-19/h3-14H,1-2H3,(H,25,28)(H,26,27). The Morgan fingerprint density at radius 2 is 1.62 bits per heavy atom. The van der Waals surface area contributed by atoms with Gasteiger partial charge >= 0.3 is 0 Å². The van der Waals surface area contributed by atoms with Gasteiger partial charge in [-0.3, -0.25) is 9.59 Å². The SMILES string of the molecule is COc1ccc(Sc2ccc(NC(=O)c3sc(NC(=O)c4ccco4)cc3C)cc2)cc1. The number of methoxy groups -OCH3 is 1. The van der Waals surface area contributed by atoms with Crippen molar-refractivity contribution in [2.45, 2.75) is 16.7 Å². The van der Waals surface area contributed by atoms with E-state index in [4.69, 9.17) is 9.15 Å². The first-order valence-corrected chi connectivity index (χ1v) is 11.3. The molecule has 0 aliphatic carbocycles. The van der Waals surface area contributed by atoms with Gasteiger partial charge in [0, 0.05) is 15.5 Å². The number of hydrogen-bond acceptors (Lipinski definition) is 6. The van der Waals surface area contributed by atoms with Gasteiger partial charge in [-0.25, -0.2) is 0 Å². The average molecular weight is 465 g/mol. The number of thiophene rings is 1. The largest absolute Gasteiger partial charge is 0.497 e. The number of amides is 2. The minimum absolute atomic E-state index is 0.217. The number of aryl methyl sites for hydroxylation is 1. The average Bonchev–Trinajstić information content (AvgIpc) is 3.46. The Morgan fingerprint density at radius 1 is 0.938 bits per heavy atom. The summed E-state index contributed by atoms with van der Waals surface area (Å²) in [7, 11) is 1.64. The highest BCUT2D eigenvalue weighted by Gasteiger charge is 2.17. The molecule has 8 heteroatoms. The molecule has 4 rings (SSSR count). The molecule has 162 valence electrons. The van der Waals surface area contributed by atoms with E-state index < -0.39 is 0 Å². The summed E-state index contributed by atoms with van der Waals surface area (Å²) in [5, 5.41) is 6.25. The summed E-state index contributed by atoms with van der Waals surface area (Å²) in [6.07, 6.45) is 1.44. The zero-order chi connectivity index (χ0) is 22.5. The normalized spacial score (nSPS) is 10.6. The Balaban J connectivity index is 1.38. The van der Waals surface area contributed by atoms with Crippen LogP contribution < -0.4 is 15.4 Å². The third-order valence-corrected chi connectivity index (χ3v) is 6.68. The lowest BCUT2D eigenvalue weighted by Gasteiger charge is -2.07. The van der Waals surface area contributed by atoms with Gasteiger partial charge in [0.15, 0.2) is 5.76 Å². The monoisotopic (exact) mass is 464 g/mol. The van der Waals surface area contributed by atoms with Crippen LogP contribution in [0, 0.1) is 6.92 Å². The zero-order valence-corrected chi connectivity index (χ0v) is 19.0. The number of hydrogen-bond donors (Lipinski definition) is 2. The Kier molecular flexibility index (Phi) is 6.63. The highest BCUT2D eigenvalue weighted by molar-refractivity contribution is 7.99. The molecule has 32 heavy (non-hydrogen) atoms. The van der Waals surface area contributed by atoms with Gasteiger partial charge < -0.3 is 19.8 Å². The van der Waals surface area contributed by atoms with Crippen molar-refractivity contribution >= 4 is 45.6 Å². The highest BCUT2D eigenvalue weighted by atomic mass is 32.2. The van der Waals surface area contributed by atoms with E-state index >= 15 is 0 Å². The van der Waals surface area contributed by atoms with Crippen molar-refractivity contribution in [1.29, 1.82) is 0 Å². The molecule has 0 unspecified atom stereocenters. The topological polar surface area (TPSA) is 80.6 Å². The second kappa shape index (κ2) is 9.76. The molecule has 0 saturated carbocycles. The molecule has 2 N–H and O–H groups in total. The zero-order valence-electron chi connectivity index (χ0n) is 17.4. The minimum atomic E-state index is -0.354. The van der Waals surface area contributed by atoms with Crippen molar-refractivity contribution in [3.05, 3.63) is 89.2 Å². The molecule has 0 aliphatic rings. The number of nitrogens with one attached hydrogen (secondary N) is 2. The maximum atomic E-state index is 12.8. The molecule has 0 atom stereocenters. The Hall–Kier alpha value is -3.49. The third kappa shape index (κ3) is 5.22. The van der Waals surface area contributed by atoms with Crippen molar-refractivity contribution < 1.29 is 18.7 Å². The summed E-state index contributed by atoms with van der Waals surface area (Å²) in [5.74, 6) is 0.462.